The zero-order chi connectivity index (χ0) is 17.8. The van der Waals surface area contributed by atoms with Crippen molar-refractivity contribution in [2.75, 3.05) is 25.0 Å². The fraction of sp³-hybridized carbons (Fsp3) is 0.500. The van der Waals surface area contributed by atoms with Gasteiger partial charge in [-0.3, -0.25) is 14.4 Å². The molecule has 1 aromatic rings. The van der Waals surface area contributed by atoms with Crippen LogP contribution in [0, 0.1) is 6.92 Å². The second-order valence-corrected chi connectivity index (χ2v) is 6.52. The Bertz CT molecular complexity index is 683. The monoisotopic (exact) mass is 345 g/mol. The largest absolute Gasteiger partial charge is 0.478 e. The quantitative estimate of drug-likeness (QED) is 0.859. The molecule has 0 saturated carbocycles. The first-order valence-electron chi connectivity index (χ1n) is 8.65. The highest BCUT2D eigenvalue weighted by Gasteiger charge is 2.30. The molecule has 0 aromatic heterocycles. The van der Waals surface area contributed by atoms with E-state index < -0.39 is 6.10 Å². The van der Waals surface area contributed by atoms with Crippen LogP contribution in [0.5, 0.6) is 5.75 Å². The molecule has 25 heavy (non-hydrogen) atoms. The topological polar surface area (TPSA) is 87.7 Å². The van der Waals surface area contributed by atoms with Crippen LogP contribution in [0.1, 0.15) is 31.2 Å². The number of benzene rings is 1. The number of nitrogens with zero attached hydrogens (tertiary/aromatic N) is 1. The normalized spacial score (nSPS) is 19.5. The Labute approximate surface area is 146 Å². The SMILES string of the molecule is Cc1ccc2c(c1)NC(=O)C(CC(=O)NCC(=O)N1CCCCC1)O2. The summed E-state index contributed by atoms with van der Waals surface area (Å²) in [5.74, 6) is -0.257. The Morgan fingerprint density at radius 3 is 2.80 bits per heavy atom. The number of hydrogen-bond acceptors (Lipinski definition) is 4. The molecule has 1 fully saturated rings. The fourth-order valence-electron chi connectivity index (χ4n) is 3.07. The van der Waals surface area contributed by atoms with Crippen molar-refractivity contribution in [3.8, 4) is 5.75 Å². The minimum atomic E-state index is -0.889. The number of carbonyl (C=O) groups excluding carboxylic acids is 3. The van der Waals surface area contributed by atoms with E-state index in [-0.39, 0.29) is 30.7 Å². The third kappa shape index (κ3) is 4.29. The van der Waals surface area contributed by atoms with Crippen molar-refractivity contribution >= 4 is 23.4 Å². The molecule has 0 bridgehead atoms. The molecule has 1 saturated heterocycles. The number of aryl methyl sites for hydroxylation is 1. The molecule has 2 aliphatic rings. The summed E-state index contributed by atoms with van der Waals surface area (Å²) in [4.78, 5) is 38.0. The van der Waals surface area contributed by atoms with E-state index in [2.05, 4.69) is 10.6 Å². The number of piperidine rings is 1. The Kier molecular flexibility index (Phi) is 5.21. The molecule has 2 aliphatic heterocycles. The molecule has 1 unspecified atom stereocenters. The molecule has 3 rings (SSSR count). The predicted octanol–water partition coefficient (Wildman–Crippen LogP) is 1.21. The van der Waals surface area contributed by atoms with Crippen molar-refractivity contribution in [1.29, 1.82) is 0 Å². The number of hydrogen-bond donors (Lipinski definition) is 2. The number of rotatable bonds is 4. The lowest BCUT2D eigenvalue weighted by Gasteiger charge is -2.27. The van der Waals surface area contributed by atoms with Crippen molar-refractivity contribution in [2.24, 2.45) is 0 Å². The lowest BCUT2D eigenvalue weighted by atomic mass is 10.1. The number of ether oxygens (including phenoxy) is 1. The van der Waals surface area contributed by atoms with E-state index in [0.717, 1.165) is 37.9 Å². The first-order valence-corrected chi connectivity index (χ1v) is 8.65. The molecular weight excluding hydrogens is 322 g/mol. The molecule has 134 valence electrons. The van der Waals surface area contributed by atoms with Crippen LogP contribution in [0.3, 0.4) is 0 Å². The molecule has 3 amide bonds. The van der Waals surface area contributed by atoms with E-state index in [0.29, 0.717) is 11.4 Å². The minimum absolute atomic E-state index is 0.0387. The molecule has 0 radical (unpaired) electrons. The number of amides is 3. The third-order valence-electron chi connectivity index (χ3n) is 4.47. The number of likely N-dealkylation sites (tertiary alicyclic amines) is 1. The van der Waals surface area contributed by atoms with Gasteiger partial charge in [-0.25, -0.2) is 0 Å². The summed E-state index contributed by atoms with van der Waals surface area (Å²) < 4.78 is 5.62. The van der Waals surface area contributed by atoms with Crippen molar-refractivity contribution in [1.82, 2.24) is 10.2 Å². The highest BCUT2D eigenvalue weighted by Crippen LogP contribution is 2.30. The van der Waals surface area contributed by atoms with Crippen molar-refractivity contribution in [3.05, 3.63) is 23.8 Å². The smallest absolute Gasteiger partial charge is 0.266 e. The predicted molar refractivity (Wildman–Crippen MR) is 92.3 cm³/mol. The average molecular weight is 345 g/mol. The molecule has 0 aliphatic carbocycles. The maximum Gasteiger partial charge on any atom is 0.266 e. The van der Waals surface area contributed by atoms with Crippen molar-refractivity contribution < 1.29 is 19.1 Å². The van der Waals surface area contributed by atoms with Crippen LogP contribution in [0.4, 0.5) is 5.69 Å². The van der Waals surface area contributed by atoms with Crippen molar-refractivity contribution in [3.63, 3.8) is 0 Å². The molecule has 7 heteroatoms. The summed E-state index contributed by atoms with van der Waals surface area (Å²) in [6, 6.07) is 5.47. The zero-order valence-electron chi connectivity index (χ0n) is 14.3. The van der Waals surface area contributed by atoms with Gasteiger partial charge in [0.05, 0.1) is 18.7 Å². The van der Waals surface area contributed by atoms with Crippen LogP contribution < -0.4 is 15.4 Å². The number of carbonyl (C=O) groups is 3. The Morgan fingerprint density at radius 2 is 2.04 bits per heavy atom. The summed E-state index contributed by atoms with van der Waals surface area (Å²) >= 11 is 0. The van der Waals surface area contributed by atoms with E-state index in [1.807, 2.05) is 19.1 Å². The first-order chi connectivity index (χ1) is 12.0. The van der Waals surface area contributed by atoms with Gasteiger partial charge < -0.3 is 20.3 Å². The van der Waals surface area contributed by atoms with Gasteiger partial charge in [-0.2, -0.15) is 0 Å². The van der Waals surface area contributed by atoms with Gasteiger partial charge in [-0.15, -0.1) is 0 Å². The molecule has 0 spiro atoms. The summed E-state index contributed by atoms with van der Waals surface area (Å²) in [5, 5.41) is 5.34. The lowest BCUT2D eigenvalue weighted by molar-refractivity contribution is -0.134. The molecule has 2 N–H and O–H groups in total. The van der Waals surface area contributed by atoms with E-state index in [1.165, 1.54) is 0 Å². The number of nitrogens with one attached hydrogen (secondary N) is 2. The summed E-state index contributed by atoms with van der Waals surface area (Å²) in [5.41, 5.74) is 1.62. The number of fused-ring (bicyclic) bond motifs is 1. The van der Waals surface area contributed by atoms with E-state index in [4.69, 9.17) is 4.74 Å². The van der Waals surface area contributed by atoms with Crippen LogP contribution in [0.2, 0.25) is 0 Å². The second kappa shape index (κ2) is 7.55. The van der Waals surface area contributed by atoms with E-state index in [9.17, 15) is 14.4 Å². The molecule has 2 heterocycles. The molecule has 7 nitrogen and oxygen atoms in total. The first kappa shape index (κ1) is 17.3. The molecule has 1 atom stereocenters. The van der Waals surface area contributed by atoms with Gasteiger partial charge in [0.25, 0.3) is 5.91 Å². The summed E-state index contributed by atoms with van der Waals surface area (Å²) in [6.45, 7) is 3.38. The van der Waals surface area contributed by atoms with Gasteiger partial charge in [0.1, 0.15) is 5.75 Å². The second-order valence-electron chi connectivity index (χ2n) is 6.52. The maximum atomic E-state index is 12.1. The Morgan fingerprint density at radius 1 is 1.28 bits per heavy atom. The summed E-state index contributed by atoms with van der Waals surface area (Å²) in [6.07, 6.45) is 2.15. The standard InChI is InChI=1S/C18H23N3O4/c1-12-5-6-14-13(9-12)20-18(24)15(25-14)10-16(22)19-11-17(23)21-7-3-2-4-8-21/h5-6,9,15H,2-4,7-8,10-11H2,1H3,(H,19,22)(H,20,24). The Hall–Kier alpha value is -2.57. The molecular formula is C18H23N3O4. The van der Waals surface area contributed by atoms with Crippen molar-refractivity contribution in [2.45, 2.75) is 38.7 Å². The highest BCUT2D eigenvalue weighted by molar-refractivity contribution is 6.00. The van der Waals surface area contributed by atoms with Gasteiger partial charge in [-0.1, -0.05) is 6.07 Å². The van der Waals surface area contributed by atoms with Crippen LogP contribution >= 0.6 is 0 Å². The van der Waals surface area contributed by atoms with E-state index in [1.54, 1.807) is 11.0 Å². The number of anilines is 1. The van der Waals surface area contributed by atoms with E-state index >= 15 is 0 Å². The summed E-state index contributed by atoms with van der Waals surface area (Å²) in [7, 11) is 0. The van der Waals surface area contributed by atoms with Crippen LogP contribution in [0.15, 0.2) is 18.2 Å². The van der Waals surface area contributed by atoms with Crippen LogP contribution in [-0.2, 0) is 14.4 Å². The average Bonchev–Trinajstić information content (AvgIpc) is 2.61. The third-order valence-corrected chi connectivity index (χ3v) is 4.47. The maximum absolute atomic E-state index is 12.1. The van der Waals surface area contributed by atoms with Gasteiger partial charge in [-0.05, 0) is 43.9 Å². The van der Waals surface area contributed by atoms with Gasteiger partial charge in [0.15, 0.2) is 6.10 Å². The van der Waals surface area contributed by atoms with Gasteiger partial charge in [0, 0.05) is 13.1 Å². The van der Waals surface area contributed by atoms with Gasteiger partial charge in [0.2, 0.25) is 11.8 Å². The lowest BCUT2D eigenvalue weighted by Crippen LogP contribution is -2.45. The van der Waals surface area contributed by atoms with Crippen LogP contribution in [0.25, 0.3) is 0 Å². The fourth-order valence-corrected chi connectivity index (χ4v) is 3.07. The molecule has 1 aromatic carbocycles. The van der Waals surface area contributed by atoms with Crippen LogP contribution in [-0.4, -0.2) is 48.4 Å². The minimum Gasteiger partial charge on any atom is -0.478 e. The van der Waals surface area contributed by atoms with Gasteiger partial charge >= 0.3 is 0 Å². The zero-order valence-corrected chi connectivity index (χ0v) is 14.3. The highest BCUT2D eigenvalue weighted by atomic mass is 16.5. The Balaban J connectivity index is 1.50.